The minimum absolute atomic E-state index is 0.319. The standard InChI is InChI=1S/C14H25N3S/c1-3-5-13-10-18-14(16-13)9-17-7-4-6-12(8-17)11(2)15/h10-12H,3-9,15H2,1-2H3. The topological polar surface area (TPSA) is 42.1 Å². The van der Waals surface area contributed by atoms with Gasteiger partial charge in [-0.3, -0.25) is 4.90 Å². The van der Waals surface area contributed by atoms with Crippen LogP contribution in [0.25, 0.3) is 0 Å². The van der Waals surface area contributed by atoms with Gasteiger partial charge in [0, 0.05) is 18.0 Å². The number of hydrogen-bond acceptors (Lipinski definition) is 4. The van der Waals surface area contributed by atoms with Gasteiger partial charge in [-0.1, -0.05) is 13.3 Å². The van der Waals surface area contributed by atoms with Crippen molar-refractivity contribution in [3.63, 3.8) is 0 Å². The summed E-state index contributed by atoms with van der Waals surface area (Å²) in [4.78, 5) is 7.23. The number of nitrogens with two attached hydrogens (primary N) is 1. The van der Waals surface area contributed by atoms with Crippen LogP contribution in [0.15, 0.2) is 5.38 Å². The van der Waals surface area contributed by atoms with Crippen LogP contribution in [-0.4, -0.2) is 29.0 Å². The Kier molecular flexibility index (Phi) is 5.15. The normalized spacial score (nSPS) is 23.2. The van der Waals surface area contributed by atoms with Gasteiger partial charge >= 0.3 is 0 Å². The smallest absolute Gasteiger partial charge is 0.107 e. The zero-order valence-electron chi connectivity index (χ0n) is 11.6. The van der Waals surface area contributed by atoms with Gasteiger partial charge in [0.2, 0.25) is 0 Å². The Bertz CT molecular complexity index is 362. The lowest BCUT2D eigenvalue weighted by molar-refractivity contribution is 0.154. The second-order valence-corrected chi connectivity index (χ2v) is 6.42. The fourth-order valence-corrected chi connectivity index (χ4v) is 3.52. The van der Waals surface area contributed by atoms with Crippen LogP contribution < -0.4 is 5.73 Å². The number of thiazole rings is 1. The van der Waals surface area contributed by atoms with Gasteiger partial charge in [0.25, 0.3) is 0 Å². The number of nitrogens with zero attached hydrogens (tertiary/aromatic N) is 2. The zero-order chi connectivity index (χ0) is 13.0. The summed E-state index contributed by atoms with van der Waals surface area (Å²) < 4.78 is 0. The second-order valence-electron chi connectivity index (χ2n) is 5.48. The van der Waals surface area contributed by atoms with E-state index in [1.54, 1.807) is 0 Å². The zero-order valence-corrected chi connectivity index (χ0v) is 12.4. The molecule has 2 unspecified atom stereocenters. The number of rotatable bonds is 5. The van der Waals surface area contributed by atoms with Crippen LogP contribution in [0, 0.1) is 5.92 Å². The Labute approximate surface area is 114 Å². The minimum atomic E-state index is 0.319. The van der Waals surface area contributed by atoms with Gasteiger partial charge < -0.3 is 5.73 Å². The van der Waals surface area contributed by atoms with E-state index in [0.717, 1.165) is 19.5 Å². The van der Waals surface area contributed by atoms with E-state index in [1.807, 2.05) is 11.3 Å². The van der Waals surface area contributed by atoms with Crippen molar-refractivity contribution >= 4 is 11.3 Å². The maximum absolute atomic E-state index is 6.03. The summed E-state index contributed by atoms with van der Waals surface area (Å²) in [6.07, 6.45) is 4.85. The molecular formula is C14H25N3S. The maximum atomic E-state index is 6.03. The van der Waals surface area contributed by atoms with Crippen LogP contribution in [0.1, 0.15) is 43.8 Å². The molecule has 1 aromatic rings. The van der Waals surface area contributed by atoms with E-state index >= 15 is 0 Å². The summed E-state index contributed by atoms with van der Waals surface area (Å²) in [6, 6.07) is 0.319. The van der Waals surface area contributed by atoms with Gasteiger partial charge in [0.1, 0.15) is 5.01 Å². The first-order valence-corrected chi connectivity index (χ1v) is 7.98. The Morgan fingerprint density at radius 2 is 2.44 bits per heavy atom. The monoisotopic (exact) mass is 267 g/mol. The lowest BCUT2D eigenvalue weighted by Gasteiger charge is -2.34. The number of aryl methyl sites for hydroxylation is 1. The molecule has 0 bridgehead atoms. The highest BCUT2D eigenvalue weighted by Crippen LogP contribution is 2.21. The largest absolute Gasteiger partial charge is 0.328 e. The molecule has 0 saturated carbocycles. The third-order valence-electron chi connectivity index (χ3n) is 3.75. The fourth-order valence-electron chi connectivity index (χ4n) is 2.65. The predicted octanol–water partition coefficient (Wildman–Crippen LogP) is 2.65. The fraction of sp³-hybridized carbons (Fsp3) is 0.786. The minimum Gasteiger partial charge on any atom is -0.328 e. The van der Waals surface area contributed by atoms with Crippen LogP contribution in [0.5, 0.6) is 0 Å². The van der Waals surface area contributed by atoms with Crippen molar-refractivity contribution in [1.29, 1.82) is 0 Å². The summed E-state index contributed by atoms with van der Waals surface area (Å²) >= 11 is 1.81. The molecule has 2 N–H and O–H groups in total. The third kappa shape index (κ3) is 3.77. The highest BCUT2D eigenvalue weighted by molar-refractivity contribution is 7.09. The van der Waals surface area contributed by atoms with Crippen molar-refractivity contribution in [2.75, 3.05) is 13.1 Å². The predicted molar refractivity (Wildman–Crippen MR) is 77.8 cm³/mol. The molecule has 0 amide bonds. The SMILES string of the molecule is CCCc1csc(CN2CCCC(C(C)N)C2)n1. The van der Waals surface area contributed by atoms with Crippen molar-refractivity contribution < 1.29 is 0 Å². The highest BCUT2D eigenvalue weighted by Gasteiger charge is 2.23. The molecule has 1 aliphatic heterocycles. The van der Waals surface area contributed by atoms with Gasteiger partial charge in [0.05, 0.1) is 12.2 Å². The average Bonchev–Trinajstić information content (AvgIpc) is 2.77. The molecule has 2 atom stereocenters. The first kappa shape index (κ1) is 14.0. The van der Waals surface area contributed by atoms with Gasteiger partial charge in [-0.05, 0) is 38.6 Å². The highest BCUT2D eigenvalue weighted by atomic mass is 32.1. The second kappa shape index (κ2) is 6.64. The summed E-state index contributed by atoms with van der Waals surface area (Å²) in [6.45, 7) is 7.69. The van der Waals surface area contributed by atoms with E-state index < -0.39 is 0 Å². The molecule has 1 fully saturated rings. The molecule has 0 aromatic carbocycles. The molecule has 102 valence electrons. The van der Waals surface area contributed by atoms with Crippen molar-refractivity contribution in [1.82, 2.24) is 9.88 Å². The van der Waals surface area contributed by atoms with E-state index in [1.165, 1.54) is 36.5 Å². The first-order chi connectivity index (χ1) is 8.69. The number of aromatic nitrogens is 1. The average molecular weight is 267 g/mol. The maximum Gasteiger partial charge on any atom is 0.107 e. The third-order valence-corrected chi connectivity index (χ3v) is 4.63. The Morgan fingerprint density at radius 1 is 1.61 bits per heavy atom. The van der Waals surface area contributed by atoms with Crippen molar-refractivity contribution in [3.8, 4) is 0 Å². The lowest BCUT2D eigenvalue weighted by atomic mass is 9.92. The molecule has 0 radical (unpaired) electrons. The van der Waals surface area contributed by atoms with Crippen LogP contribution in [0.2, 0.25) is 0 Å². The molecule has 2 rings (SSSR count). The van der Waals surface area contributed by atoms with Crippen molar-refractivity contribution in [3.05, 3.63) is 16.1 Å². The van der Waals surface area contributed by atoms with Crippen LogP contribution in [-0.2, 0) is 13.0 Å². The Balaban J connectivity index is 1.87. The molecule has 18 heavy (non-hydrogen) atoms. The van der Waals surface area contributed by atoms with Gasteiger partial charge in [0.15, 0.2) is 0 Å². The number of piperidine rings is 1. The quantitative estimate of drug-likeness (QED) is 0.892. The number of likely N-dealkylation sites (tertiary alicyclic amines) is 1. The molecule has 2 heterocycles. The van der Waals surface area contributed by atoms with Crippen molar-refractivity contribution in [2.45, 2.75) is 52.1 Å². The van der Waals surface area contributed by atoms with E-state index in [9.17, 15) is 0 Å². The van der Waals surface area contributed by atoms with Crippen molar-refractivity contribution in [2.24, 2.45) is 11.7 Å². The summed E-state index contributed by atoms with van der Waals surface area (Å²) in [5.74, 6) is 0.661. The molecule has 1 saturated heterocycles. The van der Waals surface area contributed by atoms with Gasteiger partial charge in [-0.2, -0.15) is 0 Å². The summed E-state index contributed by atoms with van der Waals surface area (Å²) in [5, 5.41) is 3.48. The molecule has 1 aromatic heterocycles. The Hall–Kier alpha value is -0.450. The molecule has 1 aliphatic rings. The molecule has 4 heteroatoms. The van der Waals surface area contributed by atoms with Crippen LogP contribution >= 0.6 is 11.3 Å². The summed E-state index contributed by atoms with van der Waals surface area (Å²) in [5.41, 5.74) is 7.29. The molecule has 0 spiro atoms. The van der Waals surface area contributed by atoms with E-state index in [2.05, 4.69) is 24.1 Å². The van der Waals surface area contributed by atoms with Gasteiger partial charge in [-0.15, -0.1) is 11.3 Å². The first-order valence-electron chi connectivity index (χ1n) is 7.10. The molecule has 3 nitrogen and oxygen atoms in total. The van der Waals surface area contributed by atoms with E-state index in [0.29, 0.717) is 12.0 Å². The van der Waals surface area contributed by atoms with Crippen LogP contribution in [0.3, 0.4) is 0 Å². The molecule has 0 aliphatic carbocycles. The Morgan fingerprint density at radius 3 is 3.17 bits per heavy atom. The number of hydrogen-bond donors (Lipinski definition) is 1. The summed E-state index contributed by atoms with van der Waals surface area (Å²) in [7, 11) is 0. The van der Waals surface area contributed by atoms with E-state index in [-0.39, 0.29) is 0 Å². The van der Waals surface area contributed by atoms with Crippen LogP contribution in [0.4, 0.5) is 0 Å². The lowest BCUT2D eigenvalue weighted by Crippen LogP contribution is -2.41. The molecular weight excluding hydrogens is 242 g/mol. The van der Waals surface area contributed by atoms with E-state index in [4.69, 9.17) is 10.7 Å². The van der Waals surface area contributed by atoms with Gasteiger partial charge in [-0.25, -0.2) is 4.98 Å².